The molecule has 0 radical (unpaired) electrons. The number of nitrogens with one attached hydrogen (secondary N) is 1. The average Bonchev–Trinajstić information content (AvgIpc) is 2.74. The van der Waals surface area contributed by atoms with Gasteiger partial charge in [-0.1, -0.05) is 0 Å². The van der Waals surface area contributed by atoms with Gasteiger partial charge in [0.1, 0.15) is 18.3 Å². The van der Waals surface area contributed by atoms with Crippen molar-refractivity contribution in [3.05, 3.63) is 44.1 Å². The third kappa shape index (κ3) is 6.26. The van der Waals surface area contributed by atoms with Gasteiger partial charge in [0, 0.05) is 34.2 Å². The summed E-state index contributed by atoms with van der Waals surface area (Å²) in [6.07, 6.45) is -4.68. The number of aromatic nitrogens is 4. The first-order valence-electron chi connectivity index (χ1n) is 9.61. The normalized spacial score (nSPS) is 13.8. The largest absolute Gasteiger partial charge is 0.394 e. The smallest absolute Gasteiger partial charge is 0.349 e. The molecule has 32 heavy (non-hydrogen) atoms. The molecule has 0 aliphatic carbocycles. The Morgan fingerprint density at radius 2 is 1.62 bits per heavy atom. The third-order valence-electron chi connectivity index (χ3n) is 4.74. The zero-order valence-electron chi connectivity index (χ0n) is 17.6. The standard InChI is InChI=1S/C17H20N4O6.C2H8N2.Pt/c1-7-3-9-10(4-8(7)2)21(5-11(23)14(25)12(24)6-22)15-13(18-9)16(26)20-17(27)19-15;3-1-2-4;/h3-4,11-12,14,22-25H,5-6H2,1-2H3,(H,20,26,27);1-4H2;/t11-,12+,14-;;/m1../s1. The van der Waals surface area contributed by atoms with Crippen LogP contribution < -0.4 is 22.7 Å². The second-order valence-corrected chi connectivity index (χ2v) is 7.08. The van der Waals surface area contributed by atoms with E-state index in [0.29, 0.717) is 24.1 Å². The van der Waals surface area contributed by atoms with Gasteiger partial charge >= 0.3 is 5.69 Å². The van der Waals surface area contributed by atoms with Crippen molar-refractivity contribution >= 4 is 11.0 Å². The molecule has 2 aliphatic heterocycles. The molecule has 12 nitrogen and oxygen atoms in total. The summed E-state index contributed by atoms with van der Waals surface area (Å²) in [7, 11) is 0. The number of aromatic amines is 1. The second kappa shape index (κ2) is 12.3. The van der Waals surface area contributed by atoms with Gasteiger partial charge in [0.2, 0.25) is 0 Å². The van der Waals surface area contributed by atoms with E-state index in [1.54, 1.807) is 12.1 Å². The van der Waals surface area contributed by atoms with Crippen molar-refractivity contribution in [1.82, 2.24) is 19.5 Å². The molecule has 2 heterocycles. The van der Waals surface area contributed by atoms with Gasteiger partial charge in [0.05, 0.1) is 24.2 Å². The zero-order chi connectivity index (χ0) is 23.3. The van der Waals surface area contributed by atoms with Crippen molar-refractivity contribution in [1.29, 1.82) is 0 Å². The fraction of sp³-hybridized carbons (Fsp3) is 0.474. The van der Waals surface area contributed by atoms with Gasteiger partial charge in [-0.15, -0.1) is 0 Å². The van der Waals surface area contributed by atoms with Crippen LogP contribution in [-0.4, -0.2) is 78.0 Å². The van der Waals surface area contributed by atoms with E-state index in [1.807, 2.05) is 13.8 Å². The third-order valence-corrected chi connectivity index (χ3v) is 4.74. The quantitative estimate of drug-likeness (QED) is 0.139. The topological polar surface area (TPSA) is 214 Å². The van der Waals surface area contributed by atoms with Crippen LogP contribution in [0.2, 0.25) is 0 Å². The van der Waals surface area contributed by atoms with Crippen LogP contribution in [0.4, 0.5) is 0 Å². The molecule has 0 amide bonds. The number of H-pyrrole nitrogens is 1. The van der Waals surface area contributed by atoms with E-state index in [9.17, 15) is 24.9 Å². The molecule has 9 N–H and O–H groups in total. The fourth-order valence-electron chi connectivity index (χ4n) is 2.89. The van der Waals surface area contributed by atoms with Gasteiger partial charge in [-0.3, -0.25) is 9.78 Å². The first kappa shape index (κ1) is 28.0. The number of nitrogens with zero attached hydrogens (tertiary/aromatic N) is 3. The zero-order valence-corrected chi connectivity index (χ0v) is 19.9. The second-order valence-electron chi connectivity index (χ2n) is 7.08. The molecule has 0 aromatic heterocycles. The van der Waals surface area contributed by atoms with Crippen LogP contribution in [0.1, 0.15) is 11.1 Å². The first-order valence-corrected chi connectivity index (χ1v) is 9.61. The van der Waals surface area contributed by atoms with Crippen molar-refractivity contribution in [2.75, 3.05) is 19.7 Å². The molecular weight excluding hydrogens is 603 g/mol. The summed E-state index contributed by atoms with van der Waals surface area (Å²) in [6, 6.07) is 3.53. The van der Waals surface area contributed by atoms with Crippen LogP contribution in [-0.2, 0) is 27.6 Å². The fourth-order valence-corrected chi connectivity index (χ4v) is 2.89. The maximum atomic E-state index is 12.2. The molecule has 180 valence electrons. The van der Waals surface area contributed by atoms with Gasteiger partial charge in [-0.2, -0.15) is 4.98 Å². The molecule has 0 fully saturated rings. The van der Waals surface area contributed by atoms with Crippen molar-refractivity contribution in [2.24, 2.45) is 11.5 Å². The molecule has 0 bridgehead atoms. The molecular formula is C19H28N6O6Pt. The summed E-state index contributed by atoms with van der Waals surface area (Å²) in [5.41, 5.74) is 10.9. The number of aliphatic hydroxyl groups is 4. The Bertz CT molecular complexity index is 1120. The molecule has 0 saturated heterocycles. The molecule has 13 heteroatoms. The molecule has 3 rings (SSSR count). The maximum Gasteiger partial charge on any atom is 0.349 e. The molecule has 1 aromatic carbocycles. The van der Waals surface area contributed by atoms with Crippen molar-refractivity contribution < 1.29 is 41.5 Å². The van der Waals surface area contributed by atoms with E-state index >= 15 is 0 Å². The van der Waals surface area contributed by atoms with Crippen LogP contribution in [0.3, 0.4) is 0 Å². The molecule has 3 atom stereocenters. The van der Waals surface area contributed by atoms with Gasteiger partial charge in [-0.05, 0) is 37.1 Å². The minimum Gasteiger partial charge on any atom is -0.394 e. The summed E-state index contributed by atoms with van der Waals surface area (Å²) < 4.78 is 1.40. The van der Waals surface area contributed by atoms with Gasteiger partial charge in [0.15, 0.2) is 11.5 Å². The Morgan fingerprint density at radius 3 is 2.19 bits per heavy atom. The van der Waals surface area contributed by atoms with E-state index in [1.165, 1.54) is 4.57 Å². The van der Waals surface area contributed by atoms with Crippen molar-refractivity contribution in [2.45, 2.75) is 38.7 Å². The summed E-state index contributed by atoms with van der Waals surface area (Å²) in [5.74, 6) is -0.0516. The van der Waals surface area contributed by atoms with E-state index in [0.717, 1.165) is 11.1 Å². The Balaban J connectivity index is 0.000000945. The van der Waals surface area contributed by atoms with E-state index in [2.05, 4.69) is 15.0 Å². The number of aliphatic hydroxyl groups excluding tert-OH is 4. The average molecular weight is 632 g/mol. The van der Waals surface area contributed by atoms with Crippen LogP contribution in [0, 0.1) is 13.8 Å². The Kier molecular flexibility index (Phi) is 10.7. The molecule has 0 spiro atoms. The molecule has 1 aromatic rings. The minimum atomic E-state index is -1.64. The van der Waals surface area contributed by atoms with E-state index in [4.69, 9.17) is 16.6 Å². The predicted octanol–water partition coefficient (Wildman–Crippen LogP) is -2.82. The van der Waals surface area contributed by atoms with Gasteiger partial charge in [-0.25, -0.2) is 9.78 Å². The number of fused-ring (bicyclic) bond motifs is 2. The number of nitrogens with two attached hydrogens (primary N) is 2. The van der Waals surface area contributed by atoms with Gasteiger partial charge in [0.25, 0.3) is 5.56 Å². The van der Waals surface area contributed by atoms with Crippen LogP contribution in [0.5, 0.6) is 0 Å². The predicted molar refractivity (Wildman–Crippen MR) is 114 cm³/mol. The number of hydrogen-bond acceptors (Lipinski definition) is 10. The summed E-state index contributed by atoms with van der Waals surface area (Å²) in [4.78, 5) is 34.0. The number of benzene rings is 1. The summed E-state index contributed by atoms with van der Waals surface area (Å²) in [6.45, 7) is 3.92. The molecule has 0 saturated carbocycles. The van der Waals surface area contributed by atoms with E-state index < -0.39 is 36.2 Å². The molecule has 2 aliphatic rings. The van der Waals surface area contributed by atoms with Gasteiger partial charge < -0.3 is 36.5 Å². The maximum absolute atomic E-state index is 12.2. The van der Waals surface area contributed by atoms with Crippen LogP contribution in [0.15, 0.2) is 21.7 Å². The van der Waals surface area contributed by atoms with Crippen LogP contribution in [0.25, 0.3) is 22.6 Å². The van der Waals surface area contributed by atoms with Crippen molar-refractivity contribution in [3.8, 4) is 11.5 Å². The Morgan fingerprint density at radius 1 is 1.03 bits per heavy atom. The number of rotatable bonds is 6. The monoisotopic (exact) mass is 631 g/mol. The Labute approximate surface area is 197 Å². The van der Waals surface area contributed by atoms with Crippen LogP contribution >= 0.6 is 0 Å². The minimum absolute atomic E-state index is 0. The first-order chi connectivity index (χ1) is 14.6. The number of aryl methyl sites for hydroxylation is 2. The summed E-state index contributed by atoms with van der Waals surface area (Å²) >= 11 is 0. The number of hydrogen-bond donors (Lipinski definition) is 7. The molecule has 0 unspecified atom stereocenters. The van der Waals surface area contributed by atoms with E-state index in [-0.39, 0.29) is 39.1 Å². The SMILES string of the molecule is Cc1cc2nc3c(=O)[nH]c(=O)nc-3n(C[C@@H](O)[C@@H](O)[C@@H](O)CO)c2cc1C.NCCN.[Pt]. The Hall–Kier alpha value is -2.05. The summed E-state index contributed by atoms with van der Waals surface area (Å²) in [5, 5.41) is 38.8. The van der Waals surface area contributed by atoms with Crippen molar-refractivity contribution in [3.63, 3.8) is 0 Å².